The number of amides is 1. The van der Waals surface area contributed by atoms with Crippen molar-refractivity contribution < 1.29 is 23.8 Å². The van der Waals surface area contributed by atoms with E-state index >= 15 is 0 Å². The quantitative estimate of drug-likeness (QED) is 0.610. The van der Waals surface area contributed by atoms with Gasteiger partial charge in [0.25, 0.3) is 5.91 Å². The molecule has 4 rings (SSSR count). The molecule has 0 saturated heterocycles. The average Bonchev–Trinajstić information content (AvgIpc) is 2.83. The summed E-state index contributed by atoms with van der Waals surface area (Å²) in [4.78, 5) is 34.3. The van der Waals surface area contributed by atoms with Gasteiger partial charge < -0.3 is 14.2 Å². The Bertz CT molecular complexity index is 1180. The second-order valence-corrected chi connectivity index (χ2v) is 7.86. The molecule has 0 aliphatic heterocycles. The van der Waals surface area contributed by atoms with Gasteiger partial charge in [-0.25, -0.2) is 9.97 Å². The molecule has 0 saturated carbocycles. The number of hydrogen-bond donors (Lipinski definition) is 1. The molecule has 1 aromatic heterocycles. The van der Waals surface area contributed by atoms with Gasteiger partial charge in [-0.3, -0.25) is 14.9 Å². The minimum atomic E-state index is -0.438. The van der Waals surface area contributed by atoms with Crippen LogP contribution in [0, 0.1) is 6.92 Å². The first-order valence-electron chi connectivity index (χ1n) is 10.5. The van der Waals surface area contributed by atoms with Gasteiger partial charge in [-0.05, 0) is 37.0 Å². The molecule has 0 fully saturated rings. The fourth-order valence-corrected chi connectivity index (χ4v) is 3.97. The van der Waals surface area contributed by atoms with Gasteiger partial charge in [0, 0.05) is 18.2 Å². The molecule has 170 valence electrons. The normalized spacial score (nSPS) is 14.9. The van der Waals surface area contributed by atoms with E-state index in [9.17, 15) is 9.59 Å². The lowest BCUT2D eigenvalue weighted by Crippen LogP contribution is -2.22. The van der Waals surface area contributed by atoms with Gasteiger partial charge in [0.2, 0.25) is 11.7 Å². The molecule has 2 aromatic carbocycles. The van der Waals surface area contributed by atoms with Crippen molar-refractivity contribution in [1.82, 2.24) is 9.97 Å². The van der Waals surface area contributed by atoms with Crippen LogP contribution in [0.15, 0.2) is 42.6 Å². The van der Waals surface area contributed by atoms with Crippen LogP contribution in [0.5, 0.6) is 17.2 Å². The van der Waals surface area contributed by atoms with Crippen LogP contribution in [-0.4, -0.2) is 43.0 Å². The first-order valence-corrected chi connectivity index (χ1v) is 10.5. The molecule has 8 nitrogen and oxygen atoms in total. The second-order valence-electron chi connectivity index (χ2n) is 7.86. The number of methoxy groups -OCH3 is 3. The summed E-state index contributed by atoms with van der Waals surface area (Å²) in [6.45, 7) is 2.03. The van der Waals surface area contributed by atoms with E-state index < -0.39 is 5.91 Å². The van der Waals surface area contributed by atoms with Crippen LogP contribution in [0.25, 0.3) is 0 Å². The van der Waals surface area contributed by atoms with Crippen LogP contribution in [-0.2, 0) is 6.42 Å². The number of aromatic nitrogens is 2. The van der Waals surface area contributed by atoms with E-state index in [1.165, 1.54) is 33.1 Å². The Morgan fingerprint density at radius 1 is 1.00 bits per heavy atom. The smallest absolute Gasteiger partial charge is 0.258 e. The maximum atomic E-state index is 12.9. The Kier molecular flexibility index (Phi) is 6.26. The predicted molar refractivity (Wildman–Crippen MR) is 123 cm³/mol. The maximum Gasteiger partial charge on any atom is 0.258 e. The summed E-state index contributed by atoms with van der Waals surface area (Å²) in [5, 5.41) is 2.70. The molecule has 1 aliphatic carbocycles. The van der Waals surface area contributed by atoms with Crippen LogP contribution in [0.2, 0.25) is 0 Å². The summed E-state index contributed by atoms with van der Waals surface area (Å²) in [5.41, 5.74) is 3.69. The van der Waals surface area contributed by atoms with E-state index in [4.69, 9.17) is 14.2 Å². The van der Waals surface area contributed by atoms with E-state index in [0.717, 1.165) is 5.56 Å². The molecule has 0 radical (unpaired) electrons. The summed E-state index contributed by atoms with van der Waals surface area (Å²) in [6.07, 6.45) is 2.50. The minimum absolute atomic E-state index is 0.00401. The fraction of sp³-hybridized carbons (Fsp3) is 0.280. The van der Waals surface area contributed by atoms with Gasteiger partial charge in [-0.1, -0.05) is 29.8 Å². The fourth-order valence-electron chi connectivity index (χ4n) is 3.97. The van der Waals surface area contributed by atoms with Gasteiger partial charge in [-0.15, -0.1) is 0 Å². The molecular formula is C25H25N3O5. The molecule has 1 heterocycles. The number of nitrogens with one attached hydrogen (secondary N) is 1. The van der Waals surface area contributed by atoms with Crippen LogP contribution in [0.1, 0.15) is 49.9 Å². The van der Waals surface area contributed by atoms with Crippen molar-refractivity contribution in [2.45, 2.75) is 25.7 Å². The van der Waals surface area contributed by atoms with Gasteiger partial charge >= 0.3 is 0 Å². The Morgan fingerprint density at radius 3 is 2.27 bits per heavy atom. The zero-order valence-electron chi connectivity index (χ0n) is 19.0. The summed E-state index contributed by atoms with van der Waals surface area (Å²) < 4.78 is 15.9. The van der Waals surface area contributed by atoms with Gasteiger partial charge in [0.15, 0.2) is 17.3 Å². The van der Waals surface area contributed by atoms with Crippen molar-refractivity contribution in [2.24, 2.45) is 0 Å². The van der Waals surface area contributed by atoms with E-state index in [2.05, 4.69) is 15.3 Å². The van der Waals surface area contributed by atoms with Crippen molar-refractivity contribution in [1.29, 1.82) is 0 Å². The molecule has 1 amide bonds. The molecule has 1 aliphatic rings. The van der Waals surface area contributed by atoms with Crippen LogP contribution in [0.3, 0.4) is 0 Å². The lowest BCUT2D eigenvalue weighted by molar-refractivity contribution is 0.0962. The molecular weight excluding hydrogens is 422 g/mol. The number of nitrogens with zero attached hydrogens (tertiary/aromatic N) is 2. The van der Waals surface area contributed by atoms with Gasteiger partial charge in [-0.2, -0.15) is 0 Å². The Hall–Kier alpha value is -3.94. The van der Waals surface area contributed by atoms with E-state index in [1.54, 1.807) is 12.1 Å². The van der Waals surface area contributed by atoms with E-state index in [1.807, 2.05) is 31.2 Å². The number of benzene rings is 2. The second kappa shape index (κ2) is 9.28. The molecule has 1 atom stereocenters. The van der Waals surface area contributed by atoms with Crippen molar-refractivity contribution in [3.8, 4) is 17.2 Å². The average molecular weight is 447 g/mol. The number of anilines is 1. The monoisotopic (exact) mass is 447 g/mol. The van der Waals surface area contributed by atoms with Crippen molar-refractivity contribution in [3.05, 3.63) is 70.5 Å². The van der Waals surface area contributed by atoms with Crippen molar-refractivity contribution >= 4 is 17.6 Å². The number of carbonyl (C=O) groups excluding carboxylic acids is 2. The molecule has 33 heavy (non-hydrogen) atoms. The van der Waals surface area contributed by atoms with Crippen LogP contribution >= 0.6 is 0 Å². The summed E-state index contributed by atoms with van der Waals surface area (Å²) >= 11 is 0. The third-order valence-electron chi connectivity index (χ3n) is 5.74. The highest BCUT2D eigenvalue weighted by Crippen LogP contribution is 2.38. The number of Topliss-reactive ketones (excluding diaryl/α,β-unsaturated/α-hetero) is 1. The molecule has 0 unspecified atom stereocenters. The van der Waals surface area contributed by atoms with Crippen LogP contribution < -0.4 is 19.5 Å². The number of aryl methyl sites for hydroxylation is 1. The highest BCUT2D eigenvalue weighted by atomic mass is 16.5. The number of fused-ring (bicyclic) bond motifs is 1. The van der Waals surface area contributed by atoms with Gasteiger partial charge in [0.05, 0.1) is 32.6 Å². The molecule has 3 aromatic rings. The molecule has 0 bridgehead atoms. The highest BCUT2D eigenvalue weighted by molar-refractivity contribution is 6.04. The number of carbonyl (C=O) groups is 2. The topological polar surface area (TPSA) is 99.6 Å². The predicted octanol–water partition coefficient (Wildman–Crippen LogP) is 3.98. The van der Waals surface area contributed by atoms with E-state index in [-0.39, 0.29) is 17.6 Å². The highest BCUT2D eigenvalue weighted by Gasteiger charge is 2.28. The standard InChI is InChI=1S/C25H25N3O5/c1-14-5-7-15(8-6-14)16-9-19-18(20(29)10-16)13-26-25(27-19)28-24(30)17-11-21(31-2)23(33-4)22(12-17)32-3/h5-8,11-13,16H,9-10H2,1-4H3,(H,26,27,28,30)/t16-/m0/s1. The Morgan fingerprint density at radius 2 is 1.67 bits per heavy atom. The zero-order chi connectivity index (χ0) is 23.5. The molecule has 8 heteroatoms. The number of rotatable bonds is 6. The van der Waals surface area contributed by atoms with Crippen LogP contribution in [0.4, 0.5) is 5.95 Å². The minimum Gasteiger partial charge on any atom is -0.493 e. The largest absolute Gasteiger partial charge is 0.493 e. The maximum absolute atomic E-state index is 12.9. The van der Waals surface area contributed by atoms with Crippen molar-refractivity contribution in [2.75, 3.05) is 26.6 Å². The Balaban J connectivity index is 1.58. The van der Waals surface area contributed by atoms with E-state index in [0.29, 0.717) is 46.9 Å². The zero-order valence-corrected chi connectivity index (χ0v) is 19.0. The third-order valence-corrected chi connectivity index (χ3v) is 5.74. The lowest BCUT2D eigenvalue weighted by Gasteiger charge is -2.23. The third kappa shape index (κ3) is 4.50. The number of ketones is 1. The Labute approximate surface area is 191 Å². The lowest BCUT2D eigenvalue weighted by atomic mass is 9.82. The summed E-state index contributed by atoms with van der Waals surface area (Å²) in [5.74, 6) is 0.849. The molecule has 1 N–H and O–H groups in total. The first-order chi connectivity index (χ1) is 15.9. The summed E-state index contributed by atoms with van der Waals surface area (Å²) in [6, 6.07) is 11.3. The van der Waals surface area contributed by atoms with Crippen molar-refractivity contribution in [3.63, 3.8) is 0 Å². The number of ether oxygens (including phenoxy) is 3. The number of hydrogen-bond acceptors (Lipinski definition) is 7. The molecule has 0 spiro atoms. The first kappa shape index (κ1) is 22.3. The summed E-state index contributed by atoms with van der Waals surface area (Å²) in [7, 11) is 4.45. The SMILES string of the molecule is COc1cc(C(=O)Nc2ncc3c(n2)C[C@H](c2ccc(C)cc2)CC3=O)cc(OC)c1OC. The van der Waals surface area contributed by atoms with Gasteiger partial charge in [0.1, 0.15) is 0 Å².